The molecule has 2 aliphatic rings. The maximum absolute atomic E-state index is 14.7. The van der Waals surface area contributed by atoms with E-state index < -0.39 is 17.8 Å². The minimum Gasteiger partial charge on any atom is -0.476 e. The summed E-state index contributed by atoms with van der Waals surface area (Å²) in [6.45, 7) is 3.75. The van der Waals surface area contributed by atoms with Crippen LogP contribution in [0.25, 0.3) is 5.70 Å². The molecule has 1 aromatic heterocycles. The largest absolute Gasteiger partial charge is 0.476 e. The zero-order valence-electron chi connectivity index (χ0n) is 15.9. The predicted octanol–water partition coefficient (Wildman–Crippen LogP) is 5.56. The lowest BCUT2D eigenvalue weighted by atomic mass is 9.77. The van der Waals surface area contributed by atoms with Crippen molar-refractivity contribution in [2.75, 3.05) is 5.32 Å². The molecular weight excluding hydrogens is 475 g/mol. The Kier molecular flexibility index (Phi) is 5.04. The van der Waals surface area contributed by atoms with Crippen LogP contribution in [0.15, 0.2) is 51.8 Å². The zero-order chi connectivity index (χ0) is 21.7. The second kappa shape index (κ2) is 7.42. The van der Waals surface area contributed by atoms with E-state index in [-0.39, 0.29) is 22.3 Å². The lowest BCUT2D eigenvalue weighted by Gasteiger charge is -2.36. The van der Waals surface area contributed by atoms with Gasteiger partial charge in [-0.05, 0) is 52.2 Å². The average molecular weight is 490 g/mol. The van der Waals surface area contributed by atoms with Crippen molar-refractivity contribution in [1.82, 2.24) is 9.55 Å². The molecule has 0 radical (unpaired) electrons. The molecule has 0 fully saturated rings. The quantitative estimate of drug-likeness (QED) is 0.589. The van der Waals surface area contributed by atoms with Crippen LogP contribution in [-0.2, 0) is 0 Å². The molecule has 30 heavy (non-hydrogen) atoms. The molecule has 4 rings (SSSR count). The number of carboxylic acids is 1. The Bertz CT molecular complexity index is 1240. The van der Waals surface area contributed by atoms with Crippen molar-refractivity contribution in [3.05, 3.63) is 74.0 Å². The summed E-state index contributed by atoms with van der Waals surface area (Å²) in [6.07, 6.45) is 3.48. The van der Waals surface area contributed by atoms with Crippen LogP contribution in [-0.4, -0.2) is 20.6 Å². The second-order valence-corrected chi connectivity index (χ2v) is 8.13. The molecule has 1 aromatic carbocycles. The Balaban J connectivity index is 2.00. The van der Waals surface area contributed by atoms with Crippen LogP contribution >= 0.6 is 27.5 Å². The molecule has 1 aliphatic carbocycles. The molecule has 2 aromatic rings. The molecule has 1 aliphatic heterocycles. The summed E-state index contributed by atoms with van der Waals surface area (Å²) >= 11 is 9.29. The first-order chi connectivity index (χ1) is 14.3. The number of hydrogen-bond acceptors (Lipinski definition) is 4. The van der Waals surface area contributed by atoms with Crippen molar-refractivity contribution < 1.29 is 14.3 Å². The third kappa shape index (κ3) is 2.97. The number of anilines is 1. The van der Waals surface area contributed by atoms with Gasteiger partial charge in [0.05, 0.1) is 28.5 Å². The molecule has 2 heterocycles. The van der Waals surface area contributed by atoms with E-state index in [1.165, 1.54) is 12.1 Å². The molecule has 0 saturated heterocycles. The van der Waals surface area contributed by atoms with Gasteiger partial charge in [-0.1, -0.05) is 30.7 Å². The Morgan fingerprint density at radius 3 is 2.83 bits per heavy atom. The summed E-state index contributed by atoms with van der Waals surface area (Å²) in [5.41, 5.74) is 3.29. The highest BCUT2D eigenvalue weighted by Crippen LogP contribution is 2.48. The summed E-state index contributed by atoms with van der Waals surface area (Å²) in [7, 11) is 0. The number of halogens is 3. The average Bonchev–Trinajstić information content (AvgIpc) is 3.06. The Labute approximate surface area is 185 Å². The number of hydrogen-bond donors (Lipinski definition) is 2. The van der Waals surface area contributed by atoms with Gasteiger partial charge in [-0.25, -0.2) is 14.2 Å². The normalized spacial score (nSPS) is 20.0. The molecule has 2 atom stereocenters. The minimum absolute atomic E-state index is 0.0476. The first-order valence-corrected chi connectivity index (χ1v) is 10.2. The number of nitrogens with one attached hydrogen (secondary N) is 1. The minimum atomic E-state index is -1.20. The monoisotopic (exact) mass is 488 g/mol. The highest BCUT2D eigenvalue weighted by molar-refractivity contribution is 9.10. The van der Waals surface area contributed by atoms with Crippen molar-refractivity contribution in [3.63, 3.8) is 0 Å². The smallest absolute Gasteiger partial charge is 0.356 e. The third-order valence-corrected chi connectivity index (χ3v) is 6.24. The van der Waals surface area contributed by atoms with Crippen LogP contribution in [0.5, 0.6) is 0 Å². The SMILES string of the molecule is CC1=C2C(=CC=C(C#N)C2C)C(Nc2cccc(Cl)c2F)c2c(C(=O)O)nc(Br)n21. The molecule has 2 unspecified atom stereocenters. The van der Waals surface area contributed by atoms with Crippen LogP contribution in [0.2, 0.25) is 5.02 Å². The van der Waals surface area contributed by atoms with Gasteiger partial charge >= 0.3 is 5.97 Å². The van der Waals surface area contributed by atoms with Gasteiger partial charge in [0.1, 0.15) is 0 Å². The number of rotatable bonds is 3. The van der Waals surface area contributed by atoms with Gasteiger partial charge in [0.25, 0.3) is 0 Å². The van der Waals surface area contributed by atoms with Crippen molar-refractivity contribution in [2.45, 2.75) is 19.9 Å². The summed E-state index contributed by atoms with van der Waals surface area (Å²) in [6, 6.07) is 6.06. The van der Waals surface area contributed by atoms with Crippen molar-refractivity contribution in [3.8, 4) is 6.07 Å². The van der Waals surface area contributed by atoms with E-state index in [1.54, 1.807) is 22.8 Å². The van der Waals surface area contributed by atoms with Gasteiger partial charge in [-0.15, -0.1) is 0 Å². The highest BCUT2D eigenvalue weighted by Gasteiger charge is 2.39. The van der Waals surface area contributed by atoms with E-state index >= 15 is 0 Å². The summed E-state index contributed by atoms with van der Waals surface area (Å²) < 4.78 is 16.7. The van der Waals surface area contributed by atoms with Crippen LogP contribution < -0.4 is 5.32 Å². The van der Waals surface area contributed by atoms with E-state index in [4.69, 9.17) is 11.6 Å². The lowest BCUT2D eigenvalue weighted by Crippen LogP contribution is -2.29. The number of imidazole rings is 1. The van der Waals surface area contributed by atoms with E-state index in [0.717, 1.165) is 16.8 Å². The molecular formula is C21H15BrClFN4O2. The number of benzene rings is 1. The first kappa shape index (κ1) is 20.4. The number of fused-ring (bicyclic) bond motifs is 2. The summed E-state index contributed by atoms with van der Waals surface area (Å²) in [5, 5.41) is 22.3. The molecule has 152 valence electrons. The zero-order valence-corrected chi connectivity index (χ0v) is 18.2. The predicted molar refractivity (Wildman–Crippen MR) is 114 cm³/mol. The van der Waals surface area contributed by atoms with Crippen LogP contribution in [0.3, 0.4) is 0 Å². The molecule has 0 amide bonds. The maximum Gasteiger partial charge on any atom is 0.356 e. The van der Waals surface area contributed by atoms with Gasteiger partial charge in [0, 0.05) is 17.2 Å². The summed E-state index contributed by atoms with van der Waals surface area (Å²) in [5.74, 6) is -2.05. The fraction of sp³-hybridized carbons (Fsp3) is 0.190. The number of aromatic carboxylic acids is 1. The van der Waals surface area contributed by atoms with Gasteiger partial charge in [-0.2, -0.15) is 5.26 Å². The molecule has 0 bridgehead atoms. The number of carbonyl (C=O) groups is 1. The number of aromatic nitrogens is 2. The van der Waals surface area contributed by atoms with Gasteiger partial charge < -0.3 is 10.4 Å². The van der Waals surface area contributed by atoms with Crippen molar-refractivity contribution in [1.29, 1.82) is 5.26 Å². The highest BCUT2D eigenvalue weighted by atomic mass is 79.9. The van der Waals surface area contributed by atoms with E-state index in [2.05, 4.69) is 32.3 Å². The van der Waals surface area contributed by atoms with E-state index in [1.807, 2.05) is 13.8 Å². The van der Waals surface area contributed by atoms with Crippen LogP contribution in [0.4, 0.5) is 10.1 Å². The Morgan fingerprint density at radius 2 is 2.17 bits per heavy atom. The number of nitrogens with zero attached hydrogens (tertiary/aromatic N) is 3. The fourth-order valence-electron chi connectivity index (χ4n) is 4.06. The van der Waals surface area contributed by atoms with Crippen molar-refractivity contribution in [2.24, 2.45) is 5.92 Å². The molecule has 2 N–H and O–H groups in total. The van der Waals surface area contributed by atoms with E-state index in [0.29, 0.717) is 16.0 Å². The molecule has 6 nitrogen and oxygen atoms in total. The molecule has 9 heteroatoms. The van der Waals surface area contributed by atoms with Gasteiger partial charge in [0.15, 0.2) is 16.2 Å². The third-order valence-electron chi connectivity index (χ3n) is 5.42. The van der Waals surface area contributed by atoms with Crippen LogP contribution in [0.1, 0.15) is 36.1 Å². The van der Waals surface area contributed by atoms with E-state index in [9.17, 15) is 19.6 Å². The Hall–Kier alpha value is -2.89. The summed E-state index contributed by atoms with van der Waals surface area (Å²) in [4.78, 5) is 16.1. The Morgan fingerprint density at radius 1 is 1.43 bits per heavy atom. The number of allylic oxidation sites excluding steroid dienone is 4. The van der Waals surface area contributed by atoms with Crippen LogP contribution in [0, 0.1) is 23.1 Å². The van der Waals surface area contributed by atoms with Gasteiger partial charge in [-0.3, -0.25) is 4.57 Å². The second-order valence-electron chi connectivity index (χ2n) is 7.01. The number of carboxylic acid groups (broad SMARTS) is 1. The fourth-order valence-corrected chi connectivity index (χ4v) is 4.87. The number of nitriles is 1. The molecule has 0 spiro atoms. The molecule has 0 saturated carbocycles. The maximum atomic E-state index is 14.7. The first-order valence-electron chi connectivity index (χ1n) is 9.01. The lowest BCUT2D eigenvalue weighted by molar-refractivity contribution is 0.0689. The van der Waals surface area contributed by atoms with Crippen molar-refractivity contribution >= 4 is 44.9 Å². The topological polar surface area (TPSA) is 90.9 Å². The van der Waals surface area contributed by atoms with Gasteiger partial charge in [0.2, 0.25) is 0 Å². The standard InChI is InChI=1S/C21H15BrClFN4O2/c1-9-11(8-25)6-7-12-15(9)10(2)28-19(18(20(29)30)27-21(28)22)17(12)26-14-5-3-4-13(23)16(14)24/h3-7,9,17,26H,1-2H3,(H,29,30).